The molecule has 1 spiro atoms. The Morgan fingerprint density at radius 3 is 2.44 bits per heavy atom. The van der Waals surface area contributed by atoms with Crippen molar-refractivity contribution in [2.45, 2.75) is 49.3 Å². The van der Waals surface area contributed by atoms with Gasteiger partial charge in [0.25, 0.3) is 0 Å². The Balaban J connectivity index is 1.52. The first kappa shape index (κ1) is 23.1. The molecule has 0 aromatic heterocycles. The van der Waals surface area contributed by atoms with Crippen molar-refractivity contribution in [1.82, 2.24) is 4.31 Å². The van der Waals surface area contributed by atoms with Crippen LogP contribution in [0.5, 0.6) is 5.75 Å². The molecule has 1 saturated heterocycles. The van der Waals surface area contributed by atoms with Crippen molar-refractivity contribution in [2.75, 3.05) is 31.1 Å². The molecule has 0 saturated carbocycles. The maximum atomic E-state index is 13.1. The molecule has 2 aromatic carbocycles. The highest BCUT2D eigenvalue weighted by Crippen LogP contribution is 2.42. The van der Waals surface area contributed by atoms with Crippen LogP contribution in [0.15, 0.2) is 53.4 Å². The minimum Gasteiger partial charge on any atom is -0.593 e. The topological polar surface area (TPSA) is 55.8 Å². The van der Waals surface area contributed by atoms with E-state index in [1.54, 1.807) is 0 Å². The van der Waals surface area contributed by atoms with Gasteiger partial charge in [-0.05, 0) is 30.7 Å². The third-order valence-corrected chi connectivity index (χ3v) is 8.19. The van der Waals surface area contributed by atoms with E-state index in [1.165, 1.54) is 10.4 Å². The van der Waals surface area contributed by atoms with E-state index in [9.17, 15) is 21.9 Å². The summed E-state index contributed by atoms with van der Waals surface area (Å²) in [6.45, 7) is 4.25. The highest BCUT2D eigenvalue weighted by molar-refractivity contribution is 7.95. The van der Waals surface area contributed by atoms with E-state index in [4.69, 9.17) is 4.74 Å². The fourth-order valence-electron chi connectivity index (χ4n) is 4.52. The Bertz CT molecular complexity index is 1010. The zero-order chi connectivity index (χ0) is 23.0. The van der Waals surface area contributed by atoms with Crippen molar-refractivity contribution >= 4 is 16.1 Å². The van der Waals surface area contributed by atoms with Crippen molar-refractivity contribution in [3.8, 4) is 5.75 Å². The van der Waals surface area contributed by atoms with Gasteiger partial charge in [-0.1, -0.05) is 29.3 Å². The number of hydrogen-bond acceptors (Lipinski definition) is 4. The summed E-state index contributed by atoms with van der Waals surface area (Å²) in [6, 6.07) is 11.8. The lowest BCUT2D eigenvalue weighted by Crippen LogP contribution is -2.51. The molecule has 5 nitrogen and oxygen atoms in total. The first-order chi connectivity index (χ1) is 15.1. The second kappa shape index (κ2) is 8.68. The Kier molecular flexibility index (Phi) is 6.26. The standard InChI is InChI=1S/C23H27F3N2O3S/c1-2-13-27-14-10-22(31-21-9-4-3-8-20(21)27)11-15-28(16-12-22)32(29,30)19-7-5-6-18(17-19)23(24,25)26/h3-9,17H,2,10-16H2,1H3. The van der Waals surface area contributed by atoms with Gasteiger partial charge >= 0.3 is 6.18 Å². The number of hydrogen-bond donors (Lipinski definition) is 0. The Hall–Kier alpha value is -2.10. The molecular weight excluding hydrogens is 441 g/mol. The van der Waals surface area contributed by atoms with Crippen LogP contribution in [-0.4, -0.2) is 40.6 Å². The largest absolute Gasteiger partial charge is 0.593 e. The molecule has 2 aliphatic heterocycles. The lowest BCUT2D eigenvalue weighted by molar-refractivity contribution is -0.137. The number of piperidine rings is 1. The van der Waals surface area contributed by atoms with E-state index < -0.39 is 27.7 Å². The zero-order valence-electron chi connectivity index (χ0n) is 17.9. The molecule has 2 heterocycles. The fraction of sp³-hybridized carbons (Fsp3) is 0.478. The maximum absolute atomic E-state index is 13.1. The molecule has 0 N–H and O–H groups in total. The second-order valence-corrected chi connectivity index (χ2v) is 10.4. The lowest BCUT2D eigenvalue weighted by Gasteiger charge is -2.41. The summed E-state index contributed by atoms with van der Waals surface area (Å²) in [6.07, 6.45) is -1.86. The van der Waals surface area contributed by atoms with Crippen LogP contribution in [0.25, 0.3) is 0 Å². The summed E-state index contributed by atoms with van der Waals surface area (Å²) in [5, 5.41) is 0. The van der Waals surface area contributed by atoms with Crippen LogP contribution in [-0.2, 0) is 20.8 Å². The first-order valence-corrected chi connectivity index (χ1v) is 12.3. The highest BCUT2D eigenvalue weighted by atomic mass is 32.3. The number of alkyl halides is 3. The van der Waals surface area contributed by atoms with Crippen LogP contribution < -0.4 is 9.64 Å². The van der Waals surface area contributed by atoms with E-state index in [0.717, 1.165) is 49.5 Å². The van der Waals surface area contributed by atoms with Gasteiger partial charge in [0, 0.05) is 51.5 Å². The minimum absolute atomic E-state index is 0.203. The number of ether oxygens (including phenoxy) is 1. The van der Waals surface area contributed by atoms with Gasteiger partial charge in [-0.25, -0.2) is 0 Å². The second-order valence-electron chi connectivity index (χ2n) is 8.42. The van der Waals surface area contributed by atoms with Crippen molar-refractivity contribution in [3.05, 3.63) is 54.1 Å². The number of fused-ring (bicyclic) bond motifs is 1. The maximum Gasteiger partial charge on any atom is 0.416 e. The van der Waals surface area contributed by atoms with E-state index in [1.807, 2.05) is 24.3 Å². The number of para-hydroxylation sites is 2. The van der Waals surface area contributed by atoms with E-state index in [-0.39, 0.29) is 18.0 Å². The number of nitrogens with zero attached hydrogens (tertiary/aromatic N) is 2. The van der Waals surface area contributed by atoms with Crippen LogP contribution in [0.4, 0.5) is 18.9 Å². The van der Waals surface area contributed by atoms with Crippen molar-refractivity contribution in [2.24, 2.45) is 0 Å². The van der Waals surface area contributed by atoms with Crippen LogP contribution in [0.2, 0.25) is 0 Å². The Morgan fingerprint density at radius 1 is 1.06 bits per heavy atom. The molecule has 4 rings (SSSR count). The smallest absolute Gasteiger partial charge is 0.416 e. The molecule has 2 aromatic rings. The molecule has 0 amide bonds. The van der Waals surface area contributed by atoms with Crippen LogP contribution in [0.1, 0.15) is 38.2 Å². The Labute approximate surface area is 187 Å². The van der Waals surface area contributed by atoms with Gasteiger partial charge in [0.05, 0.1) is 11.3 Å². The highest BCUT2D eigenvalue weighted by Gasteiger charge is 2.44. The van der Waals surface area contributed by atoms with Gasteiger partial charge in [0.2, 0.25) is 0 Å². The lowest BCUT2D eigenvalue weighted by atomic mass is 9.88. The molecule has 0 aliphatic carbocycles. The molecule has 1 unspecified atom stereocenters. The van der Waals surface area contributed by atoms with E-state index in [2.05, 4.69) is 11.8 Å². The van der Waals surface area contributed by atoms with Gasteiger partial charge in [-0.3, -0.25) is 0 Å². The average Bonchev–Trinajstić information content (AvgIpc) is 2.91. The third-order valence-electron chi connectivity index (χ3n) is 6.30. The first-order valence-electron chi connectivity index (χ1n) is 10.9. The molecule has 9 heteroatoms. The quantitative estimate of drug-likeness (QED) is 0.583. The van der Waals surface area contributed by atoms with Crippen LogP contribution >= 0.6 is 0 Å². The summed E-state index contributed by atoms with van der Waals surface area (Å²) in [5.74, 6) is 0.799. The molecular formula is C23H27F3N2O3S. The summed E-state index contributed by atoms with van der Waals surface area (Å²) >= 11 is 0. The molecule has 32 heavy (non-hydrogen) atoms. The van der Waals surface area contributed by atoms with Crippen LogP contribution in [0.3, 0.4) is 0 Å². The van der Waals surface area contributed by atoms with Crippen molar-refractivity contribution in [1.29, 1.82) is 0 Å². The number of sulfonamides is 1. The van der Waals surface area contributed by atoms with Gasteiger partial charge in [-0.2, -0.15) is 13.2 Å². The van der Waals surface area contributed by atoms with Gasteiger partial charge < -0.3 is 14.2 Å². The molecule has 0 radical (unpaired) electrons. The number of halogens is 3. The molecule has 1 fully saturated rings. The zero-order valence-corrected chi connectivity index (χ0v) is 18.8. The fourth-order valence-corrected chi connectivity index (χ4v) is 6.01. The molecule has 2 aliphatic rings. The number of rotatable bonds is 4. The van der Waals surface area contributed by atoms with E-state index >= 15 is 0 Å². The van der Waals surface area contributed by atoms with Crippen molar-refractivity contribution in [3.63, 3.8) is 0 Å². The normalized spacial score (nSPS) is 20.8. The summed E-state index contributed by atoms with van der Waals surface area (Å²) < 4.78 is 73.0. The average molecular weight is 469 g/mol. The SMILES string of the molecule is CCCN1CCC2(CCN([S+](=O)([O-])c3cccc(C(F)(F)F)c3)CC2)Oc2ccccc21. The predicted octanol–water partition coefficient (Wildman–Crippen LogP) is 5.14. The molecule has 174 valence electrons. The summed E-state index contributed by atoms with van der Waals surface area (Å²) in [7, 11) is -4.02. The Morgan fingerprint density at radius 2 is 1.75 bits per heavy atom. The molecule has 1 atom stereocenters. The number of anilines is 1. The third kappa shape index (κ3) is 4.51. The monoisotopic (exact) mass is 468 g/mol. The van der Waals surface area contributed by atoms with Gasteiger partial charge in [-0.15, -0.1) is 4.31 Å². The minimum atomic E-state index is -4.59. The van der Waals surface area contributed by atoms with Gasteiger partial charge in [0.1, 0.15) is 11.4 Å². The van der Waals surface area contributed by atoms with Gasteiger partial charge in [0.15, 0.2) is 15.3 Å². The van der Waals surface area contributed by atoms with E-state index in [0.29, 0.717) is 18.9 Å². The molecule has 0 bridgehead atoms. The number of benzene rings is 2. The summed E-state index contributed by atoms with van der Waals surface area (Å²) in [4.78, 5) is 1.97. The van der Waals surface area contributed by atoms with Crippen molar-refractivity contribution < 1.29 is 26.7 Å². The predicted molar refractivity (Wildman–Crippen MR) is 116 cm³/mol. The van der Waals surface area contributed by atoms with Crippen LogP contribution in [0, 0.1) is 0 Å². The summed E-state index contributed by atoms with van der Waals surface area (Å²) in [5.41, 5.74) is -0.407.